The highest BCUT2D eigenvalue weighted by Crippen LogP contribution is 2.27. The second-order valence-electron chi connectivity index (χ2n) is 3.67. The average Bonchev–Trinajstić information content (AvgIpc) is 2.38. The molecule has 86 valence electrons. The van der Waals surface area contributed by atoms with Crippen molar-refractivity contribution in [3.63, 3.8) is 0 Å². The smallest absolute Gasteiger partial charge is 0.492 e. The van der Waals surface area contributed by atoms with Crippen molar-refractivity contribution in [3.8, 4) is 16.9 Å². The maximum Gasteiger partial charge on any atom is 0.492 e. The number of rotatable bonds is 3. The molecule has 2 N–H and O–H groups in total. The Morgan fingerprint density at radius 2 is 1.65 bits per heavy atom. The van der Waals surface area contributed by atoms with Crippen molar-refractivity contribution in [3.05, 3.63) is 48.5 Å². The van der Waals surface area contributed by atoms with E-state index in [-0.39, 0.29) is 0 Å². The van der Waals surface area contributed by atoms with Gasteiger partial charge in [-0.05, 0) is 5.56 Å². The second kappa shape index (κ2) is 5.04. The van der Waals surface area contributed by atoms with Gasteiger partial charge in [0, 0.05) is 11.0 Å². The molecule has 0 radical (unpaired) electrons. The molecule has 0 fully saturated rings. The van der Waals surface area contributed by atoms with Crippen molar-refractivity contribution in [1.82, 2.24) is 0 Å². The van der Waals surface area contributed by atoms with Gasteiger partial charge in [-0.3, -0.25) is 0 Å². The van der Waals surface area contributed by atoms with Crippen molar-refractivity contribution in [2.45, 2.75) is 0 Å². The molecule has 0 saturated heterocycles. The van der Waals surface area contributed by atoms with Crippen molar-refractivity contribution in [2.24, 2.45) is 0 Å². The molecule has 0 saturated carbocycles. The van der Waals surface area contributed by atoms with Crippen molar-refractivity contribution in [2.75, 3.05) is 7.11 Å². The molecule has 0 aliphatic heterocycles. The van der Waals surface area contributed by atoms with Crippen LogP contribution >= 0.6 is 0 Å². The Morgan fingerprint density at radius 3 is 2.24 bits per heavy atom. The van der Waals surface area contributed by atoms with E-state index in [4.69, 9.17) is 4.74 Å². The molecule has 0 aromatic heterocycles. The molecule has 0 amide bonds. The van der Waals surface area contributed by atoms with Gasteiger partial charge in [-0.2, -0.15) is 0 Å². The predicted octanol–water partition coefficient (Wildman–Crippen LogP) is 1.04. The summed E-state index contributed by atoms with van der Waals surface area (Å²) in [5, 5.41) is 18.6. The van der Waals surface area contributed by atoms with Gasteiger partial charge in [-0.1, -0.05) is 48.5 Å². The molecular weight excluding hydrogens is 215 g/mol. The van der Waals surface area contributed by atoms with E-state index in [9.17, 15) is 10.0 Å². The van der Waals surface area contributed by atoms with Gasteiger partial charge in [-0.25, -0.2) is 0 Å². The number of methoxy groups -OCH3 is 1. The standard InChI is InChI=1S/C13H13BO3/c1-17-13-11(10-6-3-2-4-7-10)8-5-9-12(13)14(15)16/h2-9,15-16H,1H3. The minimum absolute atomic E-state index is 0.369. The maximum absolute atomic E-state index is 9.28. The van der Waals surface area contributed by atoms with E-state index < -0.39 is 7.12 Å². The third kappa shape index (κ3) is 2.33. The number of hydrogen-bond acceptors (Lipinski definition) is 3. The largest absolute Gasteiger partial charge is 0.496 e. The predicted molar refractivity (Wildman–Crippen MR) is 68.3 cm³/mol. The lowest BCUT2D eigenvalue weighted by Crippen LogP contribution is -2.31. The Balaban J connectivity index is 2.59. The van der Waals surface area contributed by atoms with Gasteiger partial charge in [0.1, 0.15) is 5.75 Å². The molecule has 2 aromatic rings. The van der Waals surface area contributed by atoms with Crippen LogP contribution in [-0.4, -0.2) is 24.3 Å². The molecule has 2 rings (SSSR count). The highest BCUT2D eigenvalue weighted by atomic mass is 16.5. The summed E-state index contributed by atoms with van der Waals surface area (Å²) >= 11 is 0. The Kier molecular flexibility index (Phi) is 3.47. The molecular formula is C13H13BO3. The van der Waals surface area contributed by atoms with E-state index in [0.29, 0.717) is 11.2 Å². The van der Waals surface area contributed by atoms with E-state index in [2.05, 4.69) is 0 Å². The Bertz CT molecular complexity index is 497. The molecule has 0 bridgehead atoms. The minimum atomic E-state index is -1.53. The topological polar surface area (TPSA) is 49.7 Å². The fourth-order valence-corrected chi connectivity index (χ4v) is 1.83. The summed E-state index contributed by atoms with van der Waals surface area (Å²) in [4.78, 5) is 0. The second-order valence-corrected chi connectivity index (χ2v) is 3.67. The summed E-state index contributed by atoms with van der Waals surface area (Å²) in [5.41, 5.74) is 2.19. The Hall–Kier alpha value is -1.78. The lowest BCUT2D eigenvalue weighted by Gasteiger charge is -2.13. The zero-order chi connectivity index (χ0) is 12.3. The van der Waals surface area contributed by atoms with Crippen LogP contribution in [0.5, 0.6) is 5.75 Å². The first kappa shape index (κ1) is 11.7. The molecule has 4 heteroatoms. The Labute approximate surface area is 100 Å². The van der Waals surface area contributed by atoms with Gasteiger partial charge in [-0.15, -0.1) is 0 Å². The lowest BCUT2D eigenvalue weighted by atomic mass is 9.78. The van der Waals surface area contributed by atoms with Crippen LogP contribution in [0.15, 0.2) is 48.5 Å². The summed E-state index contributed by atoms with van der Waals surface area (Å²) in [7, 11) is -0.0122. The zero-order valence-electron chi connectivity index (χ0n) is 9.50. The van der Waals surface area contributed by atoms with Gasteiger partial charge < -0.3 is 14.8 Å². The van der Waals surface area contributed by atoms with Gasteiger partial charge in [0.25, 0.3) is 0 Å². The summed E-state index contributed by atoms with van der Waals surface area (Å²) in [6.45, 7) is 0. The number of benzene rings is 2. The SMILES string of the molecule is COc1c(B(O)O)cccc1-c1ccccc1. The fraction of sp³-hybridized carbons (Fsp3) is 0.0769. The molecule has 0 heterocycles. The molecule has 0 aliphatic carbocycles. The van der Waals surface area contributed by atoms with Crippen molar-refractivity contribution >= 4 is 12.6 Å². The van der Waals surface area contributed by atoms with Crippen molar-refractivity contribution in [1.29, 1.82) is 0 Å². The minimum Gasteiger partial charge on any atom is -0.496 e. The third-order valence-electron chi connectivity index (χ3n) is 2.61. The third-order valence-corrected chi connectivity index (χ3v) is 2.61. The van der Waals surface area contributed by atoms with Crippen LogP contribution in [-0.2, 0) is 0 Å². The molecule has 0 atom stereocenters. The first-order chi connectivity index (χ1) is 8.24. The number of para-hydroxylation sites is 1. The van der Waals surface area contributed by atoms with E-state index in [1.54, 1.807) is 12.1 Å². The Morgan fingerprint density at radius 1 is 0.941 bits per heavy atom. The van der Waals surface area contributed by atoms with E-state index in [0.717, 1.165) is 11.1 Å². The van der Waals surface area contributed by atoms with Gasteiger partial charge in [0.2, 0.25) is 0 Å². The fourth-order valence-electron chi connectivity index (χ4n) is 1.83. The number of ether oxygens (including phenoxy) is 1. The van der Waals surface area contributed by atoms with Gasteiger partial charge in [0.05, 0.1) is 7.11 Å². The molecule has 3 nitrogen and oxygen atoms in total. The quantitative estimate of drug-likeness (QED) is 0.771. The first-order valence-electron chi connectivity index (χ1n) is 5.32. The molecule has 17 heavy (non-hydrogen) atoms. The van der Waals surface area contributed by atoms with Crippen LogP contribution in [0.4, 0.5) is 0 Å². The highest BCUT2D eigenvalue weighted by molar-refractivity contribution is 6.60. The highest BCUT2D eigenvalue weighted by Gasteiger charge is 2.19. The summed E-state index contributed by atoms with van der Waals surface area (Å²) in [6.07, 6.45) is 0. The average molecular weight is 228 g/mol. The van der Waals surface area contributed by atoms with E-state index >= 15 is 0 Å². The normalized spacial score (nSPS) is 10.1. The molecule has 0 unspecified atom stereocenters. The van der Waals surface area contributed by atoms with Crippen LogP contribution < -0.4 is 10.2 Å². The van der Waals surface area contributed by atoms with Crippen LogP contribution in [0, 0.1) is 0 Å². The maximum atomic E-state index is 9.28. The monoisotopic (exact) mass is 228 g/mol. The van der Waals surface area contributed by atoms with Crippen LogP contribution in [0.25, 0.3) is 11.1 Å². The van der Waals surface area contributed by atoms with E-state index in [1.165, 1.54) is 7.11 Å². The number of hydrogen-bond donors (Lipinski definition) is 2. The lowest BCUT2D eigenvalue weighted by molar-refractivity contribution is 0.404. The summed E-state index contributed by atoms with van der Waals surface area (Å²) in [5.74, 6) is 0.494. The molecule has 0 spiro atoms. The van der Waals surface area contributed by atoms with Gasteiger partial charge >= 0.3 is 7.12 Å². The first-order valence-corrected chi connectivity index (χ1v) is 5.32. The van der Waals surface area contributed by atoms with Crippen LogP contribution in [0.3, 0.4) is 0 Å². The van der Waals surface area contributed by atoms with Crippen molar-refractivity contribution < 1.29 is 14.8 Å². The summed E-state index contributed by atoms with van der Waals surface area (Å²) < 4.78 is 5.27. The van der Waals surface area contributed by atoms with Gasteiger partial charge in [0.15, 0.2) is 0 Å². The molecule has 0 aliphatic rings. The van der Waals surface area contributed by atoms with Crippen LogP contribution in [0.2, 0.25) is 0 Å². The zero-order valence-corrected chi connectivity index (χ0v) is 9.50. The van der Waals surface area contributed by atoms with E-state index in [1.807, 2.05) is 36.4 Å². The molecule has 2 aromatic carbocycles. The van der Waals surface area contributed by atoms with Crippen LogP contribution in [0.1, 0.15) is 0 Å². The summed E-state index contributed by atoms with van der Waals surface area (Å²) in [6, 6.07) is 15.0.